The average molecular weight is 387 g/mol. The monoisotopic (exact) mass is 386 g/mol. The van der Waals surface area contributed by atoms with Gasteiger partial charge in [-0.15, -0.1) is 0 Å². The van der Waals surface area contributed by atoms with Crippen molar-refractivity contribution < 1.29 is 24.9 Å². The Balaban J connectivity index is 3.73. The number of rotatable bonds is 17. The van der Waals surface area contributed by atoms with Crippen molar-refractivity contribution in [2.24, 2.45) is 0 Å². The number of hydrogen-bond acceptors (Lipinski definition) is 5. The van der Waals surface area contributed by atoms with E-state index in [-0.39, 0.29) is 6.42 Å². The largest absolute Gasteiger partial charge is 0.459 e. The van der Waals surface area contributed by atoms with Gasteiger partial charge in [-0.25, -0.2) is 4.79 Å². The second kappa shape index (κ2) is 16.1. The lowest BCUT2D eigenvalue weighted by Gasteiger charge is -2.26. The lowest BCUT2D eigenvalue weighted by atomic mass is 10.0. The van der Waals surface area contributed by atoms with E-state index >= 15 is 0 Å². The van der Waals surface area contributed by atoms with Crippen LogP contribution in [0.15, 0.2) is 12.2 Å². The topological polar surface area (TPSA) is 87.0 Å². The molecule has 27 heavy (non-hydrogen) atoms. The van der Waals surface area contributed by atoms with E-state index in [4.69, 9.17) is 4.74 Å². The van der Waals surface area contributed by atoms with Gasteiger partial charge >= 0.3 is 5.97 Å². The van der Waals surface area contributed by atoms with Crippen molar-refractivity contribution in [2.45, 2.75) is 122 Å². The number of carbonyl (C=O) groups is 1. The van der Waals surface area contributed by atoms with Gasteiger partial charge in [0, 0.05) is 0 Å². The van der Waals surface area contributed by atoms with E-state index in [9.17, 15) is 20.1 Å². The number of allylic oxidation sites excluding steroid dienone is 2. The summed E-state index contributed by atoms with van der Waals surface area (Å²) in [6.07, 6.45) is 15.7. The molecule has 0 spiro atoms. The summed E-state index contributed by atoms with van der Waals surface area (Å²) in [5.74, 6) is -4.01. The molecule has 0 aliphatic carbocycles. The standard InChI is InChI=1S/C22H42O5/c1-4-6-7-8-9-10-11-12-13-14-15-16-17-18-20(23)22(25,26)21(24)27-19(3)5-2/h12-13,19-20,23,25-26H,4-11,14-18H2,1-3H3/b13-12-. The molecule has 0 heterocycles. The summed E-state index contributed by atoms with van der Waals surface area (Å²) in [4.78, 5) is 11.7. The minimum absolute atomic E-state index is 0.157. The molecule has 0 fully saturated rings. The molecule has 0 amide bonds. The van der Waals surface area contributed by atoms with E-state index in [0.29, 0.717) is 12.8 Å². The minimum Gasteiger partial charge on any atom is -0.459 e. The van der Waals surface area contributed by atoms with Crippen LogP contribution in [-0.4, -0.2) is 39.3 Å². The third-order valence-corrected chi connectivity index (χ3v) is 4.89. The molecule has 0 rings (SSSR count). The lowest BCUT2D eigenvalue weighted by Crippen LogP contribution is -2.51. The summed E-state index contributed by atoms with van der Waals surface area (Å²) in [6, 6.07) is 0. The van der Waals surface area contributed by atoms with Crippen molar-refractivity contribution in [3.05, 3.63) is 12.2 Å². The molecule has 5 nitrogen and oxygen atoms in total. The zero-order valence-electron chi connectivity index (χ0n) is 17.7. The summed E-state index contributed by atoms with van der Waals surface area (Å²) < 4.78 is 4.90. The van der Waals surface area contributed by atoms with Crippen LogP contribution in [0, 0.1) is 0 Å². The number of esters is 1. The molecule has 0 saturated carbocycles. The Kier molecular flexibility index (Phi) is 15.5. The second-order valence-electron chi connectivity index (χ2n) is 7.53. The van der Waals surface area contributed by atoms with Crippen LogP contribution in [-0.2, 0) is 9.53 Å². The van der Waals surface area contributed by atoms with Gasteiger partial charge < -0.3 is 20.1 Å². The van der Waals surface area contributed by atoms with E-state index in [1.807, 2.05) is 6.92 Å². The van der Waals surface area contributed by atoms with Crippen LogP contribution in [0.3, 0.4) is 0 Å². The maximum absolute atomic E-state index is 11.7. The predicted octanol–water partition coefficient (Wildman–Crippen LogP) is 4.63. The van der Waals surface area contributed by atoms with Gasteiger partial charge in [-0.1, -0.05) is 70.9 Å². The molecule has 160 valence electrons. The number of aliphatic hydroxyl groups is 3. The number of aliphatic hydroxyl groups excluding tert-OH is 1. The first kappa shape index (κ1) is 26.1. The molecule has 3 N–H and O–H groups in total. The number of unbranched alkanes of at least 4 members (excludes halogenated alkanes) is 9. The van der Waals surface area contributed by atoms with Gasteiger partial charge in [-0.2, -0.15) is 0 Å². The SMILES string of the molecule is CCCCCCCC/C=C\CCCCCC(O)C(O)(O)C(=O)OC(C)CC. The first-order valence-corrected chi connectivity index (χ1v) is 10.8. The highest BCUT2D eigenvalue weighted by atomic mass is 16.6. The fraction of sp³-hybridized carbons (Fsp3) is 0.864. The van der Waals surface area contributed by atoms with Crippen molar-refractivity contribution in [3.8, 4) is 0 Å². The highest BCUT2D eigenvalue weighted by Crippen LogP contribution is 2.18. The Hall–Kier alpha value is -0.910. The maximum atomic E-state index is 11.7. The van der Waals surface area contributed by atoms with Gasteiger partial charge in [0.1, 0.15) is 6.10 Å². The molecule has 2 unspecified atom stereocenters. The van der Waals surface area contributed by atoms with Crippen LogP contribution in [0.5, 0.6) is 0 Å². The number of ether oxygens (including phenoxy) is 1. The quantitative estimate of drug-likeness (QED) is 0.147. The summed E-state index contributed by atoms with van der Waals surface area (Å²) in [6.45, 7) is 5.72. The summed E-state index contributed by atoms with van der Waals surface area (Å²) in [5, 5.41) is 29.5. The molecular weight excluding hydrogens is 344 g/mol. The third-order valence-electron chi connectivity index (χ3n) is 4.89. The third kappa shape index (κ3) is 13.0. The minimum atomic E-state index is -2.83. The Labute approximate surface area is 165 Å². The molecule has 0 saturated heterocycles. The molecule has 5 heteroatoms. The van der Waals surface area contributed by atoms with Crippen LogP contribution >= 0.6 is 0 Å². The van der Waals surface area contributed by atoms with Crippen LogP contribution in [0.2, 0.25) is 0 Å². The van der Waals surface area contributed by atoms with E-state index in [1.165, 1.54) is 38.5 Å². The first-order valence-electron chi connectivity index (χ1n) is 10.8. The van der Waals surface area contributed by atoms with Crippen LogP contribution < -0.4 is 0 Å². The van der Waals surface area contributed by atoms with Crippen LogP contribution in [0.25, 0.3) is 0 Å². The lowest BCUT2D eigenvalue weighted by molar-refractivity contribution is -0.245. The average Bonchev–Trinajstić information content (AvgIpc) is 2.64. The fourth-order valence-electron chi connectivity index (χ4n) is 2.74. The van der Waals surface area contributed by atoms with Gasteiger partial charge in [0.05, 0.1) is 6.10 Å². The number of hydrogen-bond donors (Lipinski definition) is 3. The van der Waals surface area contributed by atoms with Crippen LogP contribution in [0.1, 0.15) is 104 Å². The fourth-order valence-corrected chi connectivity index (χ4v) is 2.74. The van der Waals surface area contributed by atoms with Gasteiger partial charge in [-0.3, -0.25) is 0 Å². The molecule has 0 aromatic carbocycles. The Morgan fingerprint density at radius 1 is 0.926 bits per heavy atom. The van der Waals surface area contributed by atoms with E-state index < -0.39 is 24.0 Å². The highest BCUT2D eigenvalue weighted by molar-refractivity contribution is 5.78. The maximum Gasteiger partial charge on any atom is 0.369 e. The zero-order chi connectivity index (χ0) is 20.5. The van der Waals surface area contributed by atoms with Crippen molar-refractivity contribution in [1.82, 2.24) is 0 Å². The van der Waals surface area contributed by atoms with Crippen molar-refractivity contribution >= 4 is 5.97 Å². The first-order chi connectivity index (χ1) is 12.9. The van der Waals surface area contributed by atoms with Gasteiger partial charge in [0.15, 0.2) is 0 Å². The zero-order valence-corrected chi connectivity index (χ0v) is 17.7. The van der Waals surface area contributed by atoms with Crippen molar-refractivity contribution in [1.29, 1.82) is 0 Å². The summed E-state index contributed by atoms with van der Waals surface area (Å²) in [5.41, 5.74) is 0. The number of carbonyl (C=O) groups excluding carboxylic acids is 1. The van der Waals surface area contributed by atoms with Crippen molar-refractivity contribution in [3.63, 3.8) is 0 Å². The van der Waals surface area contributed by atoms with E-state index in [1.54, 1.807) is 6.92 Å². The summed E-state index contributed by atoms with van der Waals surface area (Å²) in [7, 11) is 0. The van der Waals surface area contributed by atoms with E-state index in [2.05, 4.69) is 19.1 Å². The van der Waals surface area contributed by atoms with Crippen LogP contribution in [0.4, 0.5) is 0 Å². The normalized spacial score (nSPS) is 14.4. The smallest absolute Gasteiger partial charge is 0.369 e. The molecule has 0 aliphatic heterocycles. The molecule has 0 radical (unpaired) electrons. The van der Waals surface area contributed by atoms with E-state index in [0.717, 1.165) is 25.7 Å². The van der Waals surface area contributed by atoms with Gasteiger partial charge in [-0.05, 0) is 45.4 Å². The Morgan fingerprint density at radius 2 is 1.44 bits per heavy atom. The highest BCUT2D eigenvalue weighted by Gasteiger charge is 2.43. The summed E-state index contributed by atoms with van der Waals surface area (Å²) >= 11 is 0. The van der Waals surface area contributed by atoms with Crippen molar-refractivity contribution in [2.75, 3.05) is 0 Å². The Morgan fingerprint density at radius 3 is 2.00 bits per heavy atom. The molecule has 0 aromatic rings. The molecule has 0 aliphatic rings. The molecule has 0 bridgehead atoms. The molecular formula is C22H42O5. The molecule has 2 atom stereocenters. The van der Waals surface area contributed by atoms with Gasteiger partial charge in [0.25, 0.3) is 5.79 Å². The molecule has 0 aromatic heterocycles. The Bertz CT molecular complexity index is 392. The second-order valence-corrected chi connectivity index (χ2v) is 7.53. The van der Waals surface area contributed by atoms with Gasteiger partial charge in [0.2, 0.25) is 0 Å². The predicted molar refractivity (Wildman–Crippen MR) is 109 cm³/mol.